The molecular formula is C17H27BrN2O. The number of nitrogens with zero attached hydrogens (tertiary/aromatic N) is 1. The maximum Gasteiger partial charge on any atom is 0.0587 e. The van der Waals surface area contributed by atoms with Crippen LogP contribution >= 0.6 is 15.9 Å². The molecule has 0 aliphatic carbocycles. The Morgan fingerprint density at radius 1 is 1.43 bits per heavy atom. The van der Waals surface area contributed by atoms with Gasteiger partial charge in [-0.15, -0.1) is 0 Å². The van der Waals surface area contributed by atoms with Crippen LogP contribution in [-0.2, 0) is 11.3 Å². The Labute approximate surface area is 137 Å². The molecular weight excluding hydrogens is 328 g/mol. The molecule has 118 valence electrons. The van der Waals surface area contributed by atoms with E-state index in [0.717, 1.165) is 30.1 Å². The zero-order valence-electron chi connectivity index (χ0n) is 13.2. The third-order valence-corrected chi connectivity index (χ3v) is 4.66. The molecule has 1 aromatic rings. The number of nitrogens with one attached hydrogen (secondary N) is 1. The highest BCUT2D eigenvalue weighted by atomic mass is 79.9. The van der Waals surface area contributed by atoms with Crippen molar-refractivity contribution in [2.75, 3.05) is 38.3 Å². The fourth-order valence-electron chi connectivity index (χ4n) is 3.07. The van der Waals surface area contributed by atoms with E-state index in [-0.39, 0.29) is 0 Å². The lowest BCUT2D eigenvalue weighted by Crippen LogP contribution is -2.24. The molecule has 2 rings (SSSR count). The van der Waals surface area contributed by atoms with Crippen molar-refractivity contribution >= 4 is 21.6 Å². The van der Waals surface area contributed by atoms with Gasteiger partial charge >= 0.3 is 0 Å². The molecule has 1 heterocycles. The second-order valence-corrected chi connectivity index (χ2v) is 6.75. The van der Waals surface area contributed by atoms with E-state index < -0.39 is 0 Å². The Bertz CT molecular complexity index is 439. The Kier molecular flexibility index (Phi) is 7.00. The topological polar surface area (TPSA) is 24.5 Å². The van der Waals surface area contributed by atoms with Crippen molar-refractivity contribution in [3.8, 4) is 0 Å². The van der Waals surface area contributed by atoms with Gasteiger partial charge in [-0.1, -0.05) is 35.3 Å². The van der Waals surface area contributed by atoms with Gasteiger partial charge in [-0.05, 0) is 36.5 Å². The number of methoxy groups -OCH3 is 1. The molecule has 1 unspecified atom stereocenters. The van der Waals surface area contributed by atoms with Crippen molar-refractivity contribution in [2.45, 2.75) is 32.7 Å². The lowest BCUT2D eigenvalue weighted by molar-refractivity contribution is 0.199. The number of anilines is 1. The molecule has 0 radical (unpaired) electrons. The van der Waals surface area contributed by atoms with Crippen LogP contribution in [0.3, 0.4) is 0 Å². The number of hydrogen-bond acceptors (Lipinski definition) is 3. The van der Waals surface area contributed by atoms with Crippen molar-refractivity contribution in [3.05, 3.63) is 28.2 Å². The third kappa shape index (κ3) is 4.97. The van der Waals surface area contributed by atoms with Crippen LogP contribution in [0.4, 0.5) is 5.69 Å². The molecule has 4 heteroatoms. The summed E-state index contributed by atoms with van der Waals surface area (Å²) < 4.78 is 6.25. The minimum Gasteiger partial charge on any atom is -0.383 e. The Morgan fingerprint density at radius 2 is 2.29 bits per heavy atom. The molecule has 3 nitrogen and oxygen atoms in total. The zero-order valence-corrected chi connectivity index (χ0v) is 14.8. The molecule has 1 atom stereocenters. The fourth-order valence-corrected chi connectivity index (χ4v) is 3.42. The summed E-state index contributed by atoms with van der Waals surface area (Å²) in [6.07, 6.45) is 3.98. The van der Waals surface area contributed by atoms with Gasteiger partial charge in [0.1, 0.15) is 0 Å². The highest BCUT2D eigenvalue weighted by molar-refractivity contribution is 9.10. The summed E-state index contributed by atoms with van der Waals surface area (Å²) in [4.78, 5) is 2.55. The lowest BCUT2D eigenvalue weighted by Gasteiger charge is -2.23. The van der Waals surface area contributed by atoms with Crippen molar-refractivity contribution in [2.24, 2.45) is 5.92 Å². The van der Waals surface area contributed by atoms with E-state index in [1.165, 1.54) is 43.6 Å². The van der Waals surface area contributed by atoms with E-state index in [4.69, 9.17) is 4.74 Å². The van der Waals surface area contributed by atoms with Crippen molar-refractivity contribution in [1.82, 2.24) is 5.32 Å². The third-order valence-electron chi connectivity index (χ3n) is 4.17. The molecule has 1 aromatic carbocycles. The van der Waals surface area contributed by atoms with E-state index in [1.807, 2.05) is 0 Å². The maximum atomic E-state index is 5.09. The van der Waals surface area contributed by atoms with E-state index >= 15 is 0 Å². The van der Waals surface area contributed by atoms with Crippen LogP contribution in [0.1, 0.15) is 31.7 Å². The summed E-state index contributed by atoms with van der Waals surface area (Å²) in [5.74, 6) is 0.864. The van der Waals surface area contributed by atoms with E-state index in [0.29, 0.717) is 0 Å². The Hall–Kier alpha value is -0.580. The monoisotopic (exact) mass is 354 g/mol. The molecule has 1 fully saturated rings. The number of ether oxygens (including phenoxy) is 1. The van der Waals surface area contributed by atoms with Gasteiger partial charge in [0, 0.05) is 43.4 Å². The summed E-state index contributed by atoms with van der Waals surface area (Å²) in [6.45, 7) is 7.23. The highest BCUT2D eigenvalue weighted by Crippen LogP contribution is 2.31. The molecule has 1 N–H and O–H groups in total. The SMILES string of the molecule is CCCC1CCN(c2cc(Br)ccc2CNCCOC)C1. The Balaban J connectivity index is 2.01. The van der Waals surface area contributed by atoms with Crippen LogP contribution < -0.4 is 10.2 Å². The molecule has 0 aromatic heterocycles. The predicted octanol–water partition coefficient (Wildman–Crippen LogP) is 3.81. The van der Waals surface area contributed by atoms with Crippen molar-refractivity contribution in [1.29, 1.82) is 0 Å². The molecule has 1 aliphatic rings. The average Bonchev–Trinajstić information content (AvgIpc) is 2.94. The number of benzene rings is 1. The molecule has 1 aliphatic heterocycles. The van der Waals surface area contributed by atoms with Crippen molar-refractivity contribution in [3.63, 3.8) is 0 Å². The van der Waals surface area contributed by atoms with Crippen LogP contribution in [0.25, 0.3) is 0 Å². The first-order valence-corrected chi connectivity index (χ1v) is 8.77. The van der Waals surface area contributed by atoms with Gasteiger partial charge in [-0.2, -0.15) is 0 Å². The van der Waals surface area contributed by atoms with Gasteiger partial charge in [0.25, 0.3) is 0 Å². The van der Waals surface area contributed by atoms with Crippen LogP contribution in [0.15, 0.2) is 22.7 Å². The van der Waals surface area contributed by atoms with Gasteiger partial charge in [-0.3, -0.25) is 0 Å². The minimum atomic E-state index is 0.758. The number of hydrogen-bond donors (Lipinski definition) is 1. The van der Waals surface area contributed by atoms with Crippen LogP contribution in [0.5, 0.6) is 0 Å². The summed E-state index contributed by atoms with van der Waals surface area (Å²) >= 11 is 3.62. The second-order valence-electron chi connectivity index (χ2n) is 5.83. The van der Waals surface area contributed by atoms with Crippen molar-refractivity contribution < 1.29 is 4.74 Å². The predicted molar refractivity (Wildman–Crippen MR) is 93.0 cm³/mol. The fraction of sp³-hybridized carbons (Fsp3) is 0.647. The first kappa shape index (κ1) is 16.8. The van der Waals surface area contributed by atoms with Gasteiger partial charge in [0.2, 0.25) is 0 Å². The standard InChI is InChI=1S/C17H27BrN2O/c1-3-4-14-7-9-20(13-14)17-11-16(18)6-5-15(17)12-19-8-10-21-2/h5-6,11,14,19H,3-4,7-10,12-13H2,1-2H3. The van der Waals surface area contributed by atoms with Gasteiger partial charge in [-0.25, -0.2) is 0 Å². The molecule has 0 saturated carbocycles. The largest absolute Gasteiger partial charge is 0.383 e. The van der Waals surface area contributed by atoms with Crippen LogP contribution in [0.2, 0.25) is 0 Å². The first-order chi connectivity index (χ1) is 10.2. The summed E-state index contributed by atoms with van der Waals surface area (Å²) in [5, 5.41) is 3.46. The first-order valence-electron chi connectivity index (χ1n) is 7.97. The molecule has 0 spiro atoms. The Morgan fingerprint density at radius 3 is 3.05 bits per heavy atom. The molecule has 0 bridgehead atoms. The maximum absolute atomic E-state index is 5.09. The van der Waals surface area contributed by atoms with Crippen LogP contribution in [-0.4, -0.2) is 33.4 Å². The van der Waals surface area contributed by atoms with E-state index in [1.54, 1.807) is 7.11 Å². The molecule has 0 amide bonds. The summed E-state index contributed by atoms with van der Waals surface area (Å²) in [7, 11) is 1.74. The zero-order chi connectivity index (χ0) is 15.1. The smallest absolute Gasteiger partial charge is 0.0587 e. The number of rotatable bonds is 8. The van der Waals surface area contributed by atoms with Gasteiger partial charge in [0.05, 0.1) is 6.61 Å². The minimum absolute atomic E-state index is 0.758. The summed E-state index contributed by atoms with van der Waals surface area (Å²) in [5.41, 5.74) is 2.76. The highest BCUT2D eigenvalue weighted by Gasteiger charge is 2.23. The normalized spacial score (nSPS) is 18.4. The van der Waals surface area contributed by atoms with Gasteiger partial charge in [0.15, 0.2) is 0 Å². The quantitative estimate of drug-likeness (QED) is 0.718. The molecule has 1 saturated heterocycles. The van der Waals surface area contributed by atoms with E-state index in [9.17, 15) is 0 Å². The second kappa shape index (κ2) is 8.76. The average molecular weight is 355 g/mol. The van der Waals surface area contributed by atoms with Crippen LogP contribution in [0, 0.1) is 5.92 Å². The summed E-state index contributed by atoms with van der Waals surface area (Å²) in [6, 6.07) is 6.63. The number of halogens is 1. The molecule has 21 heavy (non-hydrogen) atoms. The lowest BCUT2D eigenvalue weighted by atomic mass is 10.0. The van der Waals surface area contributed by atoms with Gasteiger partial charge < -0.3 is 15.0 Å². The van der Waals surface area contributed by atoms with E-state index in [2.05, 4.69) is 51.3 Å².